The van der Waals surface area contributed by atoms with E-state index in [1.54, 1.807) is 49.8 Å². The van der Waals surface area contributed by atoms with Gasteiger partial charge >= 0.3 is 6.03 Å². The van der Waals surface area contributed by atoms with Crippen LogP contribution in [0.2, 0.25) is 0 Å². The SMILES string of the molecule is CN1C(=O)[C@@H](NC(=O)n2cc(Cc3cccc(F)c3)cn2)COc2ccc(OCc3nccn3C)cc21. The van der Waals surface area contributed by atoms with E-state index in [0.717, 1.165) is 21.6 Å². The minimum atomic E-state index is -0.933. The summed E-state index contributed by atoms with van der Waals surface area (Å²) in [7, 11) is 3.49. The van der Waals surface area contributed by atoms with Gasteiger partial charge in [-0.25, -0.2) is 14.2 Å². The molecule has 0 aliphatic carbocycles. The van der Waals surface area contributed by atoms with Crippen LogP contribution in [-0.2, 0) is 24.9 Å². The highest BCUT2D eigenvalue weighted by Crippen LogP contribution is 2.34. The van der Waals surface area contributed by atoms with Crippen LogP contribution < -0.4 is 19.7 Å². The molecule has 0 bridgehead atoms. The zero-order valence-corrected chi connectivity index (χ0v) is 20.3. The van der Waals surface area contributed by atoms with Crippen molar-refractivity contribution in [3.05, 3.63) is 90.0 Å². The molecule has 0 spiro atoms. The van der Waals surface area contributed by atoms with Gasteiger partial charge < -0.3 is 24.3 Å². The fraction of sp³-hybridized carbons (Fsp3) is 0.231. The third-order valence-corrected chi connectivity index (χ3v) is 6.05. The average Bonchev–Trinajstić information content (AvgIpc) is 3.50. The smallest absolute Gasteiger partial charge is 0.342 e. The minimum Gasteiger partial charge on any atom is -0.489 e. The van der Waals surface area contributed by atoms with Gasteiger partial charge in [-0.1, -0.05) is 12.1 Å². The number of amides is 2. The molecule has 1 atom stereocenters. The Labute approximate surface area is 212 Å². The molecule has 10 nitrogen and oxygen atoms in total. The van der Waals surface area contributed by atoms with Crippen molar-refractivity contribution in [3.63, 3.8) is 0 Å². The molecule has 2 aromatic carbocycles. The van der Waals surface area contributed by atoms with E-state index in [1.807, 2.05) is 17.8 Å². The van der Waals surface area contributed by atoms with E-state index >= 15 is 0 Å². The zero-order valence-electron chi connectivity index (χ0n) is 20.3. The Morgan fingerprint density at radius 2 is 2.08 bits per heavy atom. The molecule has 4 aromatic rings. The topological polar surface area (TPSA) is 104 Å². The number of carbonyl (C=O) groups is 2. The van der Waals surface area contributed by atoms with E-state index in [9.17, 15) is 14.0 Å². The number of hydrogen-bond acceptors (Lipinski definition) is 6. The highest BCUT2D eigenvalue weighted by Gasteiger charge is 2.31. The third kappa shape index (κ3) is 5.30. The van der Waals surface area contributed by atoms with Gasteiger partial charge in [0.25, 0.3) is 5.91 Å². The lowest BCUT2D eigenvalue weighted by atomic mass is 10.1. The average molecular weight is 505 g/mol. The number of fused-ring (bicyclic) bond motifs is 1. The number of carbonyl (C=O) groups excluding carboxylic acids is 2. The van der Waals surface area contributed by atoms with Crippen molar-refractivity contribution in [3.8, 4) is 11.5 Å². The first-order chi connectivity index (χ1) is 17.9. The monoisotopic (exact) mass is 504 g/mol. The van der Waals surface area contributed by atoms with Gasteiger partial charge in [0.1, 0.15) is 42.4 Å². The summed E-state index contributed by atoms with van der Waals surface area (Å²) in [5.41, 5.74) is 2.01. The number of halogens is 1. The molecule has 11 heteroatoms. The van der Waals surface area contributed by atoms with Crippen LogP contribution in [0.3, 0.4) is 0 Å². The van der Waals surface area contributed by atoms with Crippen molar-refractivity contribution >= 4 is 17.6 Å². The van der Waals surface area contributed by atoms with Crippen molar-refractivity contribution < 1.29 is 23.5 Å². The number of aryl methyl sites for hydroxylation is 1. The van der Waals surface area contributed by atoms with E-state index in [2.05, 4.69) is 15.4 Å². The number of imidazole rings is 1. The Morgan fingerprint density at radius 1 is 1.22 bits per heavy atom. The Bertz CT molecular complexity index is 1450. The van der Waals surface area contributed by atoms with Crippen LogP contribution in [0.15, 0.2) is 67.3 Å². The quantitative estimate of drug-likeness (QED) is 0.433. The Balaban J connectivity index is 1.24. The van der Waals surface area contributed by atoms with Crippen LogP contribution in [0.1, 0.15) is 17.0 Å². The van der Waals surface area contributed by atoms with Crippen molar-refractivity contribution in [2.24, 2.45) is 7.05 Å². The summed E-state index contributed by atoms with van der Waals surface area (Å²) in [6.07, 6.45) is 7.02. The number of rotatable bonds is 6. The molecule has 190 valence electrons. The van der Waals surface area contributed by atoms with E-state index in [4.69, 9.17) is 9.47 Å². The number of nitrogens with one attached hydrogen (secondary N) is 1. The van der Waals surface area contributed by atoms with Crippen molar-refractivity contribution in [1.29, 1.82) is 0 Å². The van der Waals surface area contributed by atoms with Gasteiger partial charge in [0.15, 0.2) is 0 Å². The van der Waals surface area contributed by atoms with Gasteiger partial charge in [0, 0.05) is 45.2 Å². The number of aromatic nitrogens is 4. The second kappa shape index (κ2) is 10.1. The molecule has 0 saturated heterocycles. The molecule has 3 heterocycles. The van der Waals surface area contributed by atoms with Crippen LogP contribution in [-0.4, -0.2) is 51.0 Å². The van der Waals surface area contributed by atoms with E-state index in [1.165, 1.54) is 23.2 Å². The largest absolute Gasteiger partial charge is 0.489 e. The first-order valence-electron chi connectivity index (χ1n) is 11.6. The van der Waals surface area contributed by atoms with Crippen LogP contribution in [0.25, 0.3) is 0 Å². The fourth-order valence-electron chi connectivity index (χ4n) is 4.02. The second-order valence-corrected chi connectivity index (χ2v) is 8.68. The first-order valence-corrected chi connectivity index (χ1v) is 11.6. The van der Waals surface area contributed by atoms with Crippen molar-refractivity contribution in [1.82, 2.24) is 24.6 Å². The lowest BCUT2D eigenvalue weighted by Crippen LogP contribution is -2.50. The number of ether oxygens (including phenoxy) is 2. The van der Waals surface area contributed by atoms with Crippen LogP contribution in [0, 0.1) is 5.82 Å². The lowest BCUT2D eigenvalue weighted by Gasteiger charge is -2.20. The number of likely N-dealkylation sites (N-methyl/N-ethyl adjacent to an activating group) is 1. The molecule has 0 fully saturated rings. The van der Waals surface area contributed by atoms with Gasteiger partial charge in [-0.15, -0.1) is 0 Å². The third-order valence-electron chi connectivity index (χ3n) is 6.05. The molecule has 1 aliphatic rings. The number of nitrogens with zero attached hydrogens (tertiary/aromatic N) is 5. The zero-order chi connectivity index (χ0) is 25.9. The Morgan fingerprint density at radius 3 is 2.86 bits per heavy atom. The molecule has 2 amide bonds. The molecule has 1 aliphatic heterocycles. The fourth-order valence-corrected chi connectivity index (χ4v) is 4.02. The van der Waals surface area contributed by atoms with E-state index in [-0.39, 0.29) is 24.9 Å². The normalized spacial score (nSPS) is 15.1. The van der Waals surface area contributed by atoms with Gasteiger partial charge in [0.05, 0.1) is 11.9 Å². The van der Waals surface area contributed by atoms with Gasteiger partial charge in [-0.3, -0.25) is 4.79 Å². The summed E-state index contributed by atoms with van der Waals surface area (Å²) in [6.45, 7) is 0.220. The maximum absolute atomic E-state index is 13.5. The number of anilines is 1. The molecule has 5 rings (SSSR count). The Kier molecular flexibility index (Phi) is 6.59. The number of benzene rings is 2. The molecule has 0 saturated carbocycles. The van der Waals surface area contributed by atoms with Crippen LogP contribution in [0.5, 0.6) is 11.5 Å². The summed E-state index contributed by atoms with van der Waals surface area (Å²) in [5, 5.41) is 6.77. The van der Waals surface area contributed by atoms with Crippen molar-refractivity contribution in [2.45, 2.75) is 19.1 Å². The predicted octanol–water partition coefficient (Wildman–Crippen LogP) is 2.91. The summed E-state index contributed by atoms with van der Waals surface area (Å²) in [5.74, 6) is 1.13. The lowest BCUT2D eigenvalue weighted by molar-refractivity contribution is -0.120. The highest BCUT2D eigenvalue weighted by molar-refractivity contribution is 6.00. The molecule has 0 radical (unpaired) electrons. The summed E-state index contributed by atoms with van der Waals surface area (Å²) in [4.78, 5) is 31.7. The molecule has 2 aromatic heterocycles. The highest BCUT2D eigenvalue weighted by atomic mass is 19.1. The van der Waals surface area contributed by atoms with Gasteiger partial charge in [0.2, 0.25) is 0 Å². The maximum Gasteiger partial charge on any atom is 0.342 e. The van der Waals surface area contributed by atoms with Crippen molar-refractivity contribution in [2.75, 3.05) is 18.6 Å². The Hall–Kier alpha value is -4.67. The summed E-state index contributed by atoms with van der Waals surface area (Å²) >= 11 is 0. The molecule has 0 unspecified atom stereocenters. The molecule has 37 heavy (non-hydrogen) atoms. The maximum atomic E-state index is 13.5. The van der Waals surface area contributed by atoms with Gasteiger partial charge in [-0.05, 0) is 35.4 Å². The standard InChI is InChI=1S/C26H25FN6O4/c1-31-9-8-28-24(31)16-36-20-6-7-23-22(12-20)32(2)25(34)21(15-37-23)30-26(35)33-14-18(13-29-33)10-17-4-3-5-19(27)11-17/h3-9,11-14,21H,10,15-16H2,1-2H3,(H,30,35)/t21-/m0/s1. The van der Waals surface area contributed by atoms with Gasteiger partial charge in [-0.2, -0.15) is 9.78 Å². The second-order valence-electron chi connectivity index (χ2n) is 8.68. The van der Waals surface area contributed by atoms with E-state index < -0.39 is 12.1 Å². The minimum absolute atomic E-state index is 0.0488. The van der Waals surface area contributed by atoms with Crippen LogP contribution in [0.4, 0.5) is 14.9 Å². The predicted molar refractivity (Wildman–Crippen MR) is 132 cm³/mol. The van der Waals surface area contributed by atoms with E-state index in [0.29, 0.717) is 23.6 Å². The summed E-state index contributed by atoms with van der Waals surface area (Å²) in [6, 6.07) is 9.91. The summed E-state index contributed by atoms with van der Waals surface area (Å²) < 4.78 is 28.1. The first kappa shape index (κ1) is 24.0. The molecule has 1 N–H and O–H groups in total. The number of hydrogen-bond donors (Lipinski definition) is 1. The molecular weight excluding hydrogens is 479 g/mol. The van der Waals surface area contributed by atoms with Crippen LogP contribution >= 0.6 is 0 Å². The molecular formula is C26H25FN6O4.